The highest BCUT2D eigenvalue weighted by Crippen LogP contribution is 2.27. The van der Waals surface area contributed by atoms with Crippen molar-refractivity contribution in [3.05, 3.63) is 42.5 Å². The van der Waals surface area contributed by atoms with Crippen LogP contribution < -0.4 is 10.1 Å². The lowest BCUT2D eigenvalue weighted by molar-refractivity contribution is -0.126. The van der Waals surface area contributed by atoms with Gasteiger partial charge >= 0.3 is 0 Å². The number of benzene rings is 1. The van der Waals surface area contributed by atoms with Crippen LogP contribution in [0.5, 0.6) is 5.75 Å². The Balaban J connectivity index is 2.07. The highest BCUT2D eigenvalue weighted by atomic mass is 16.5. The molecule has 1 aromatic rings. The highest BCUT2D eigenvalue weighted by Gasteiger charge is 2.43. The normalized spacial score (nSPS) is 18.9. The van der Waals surface area contributed by atoms with Crippen molar-refractivity contribution in [3.63, 3.8) is 0 Å². The number of aliphatic imine (C=N–C) groups is 1. The Kier molecular flexibility index (Phi) is 7.63. The van der Waals surface area contributed by atoms with E-state index in [1.165, 1.54) is 0 Å². The first-order valence-electron chi connectivity index (χ1n) is 9.76. The number of nitrogens with zero attached hydrogens (tertiary/aromatic N) is 1. The molecule has 1 aliphatic rings. The zero-order chi connectivity index (χ0) is 20.6. The first-order chi connectivity index (χ1) is 13.3. The van der Waals surface area contributed by atoms with E-state index in [1.807, 2.05) is 24.3 Å². The van der Waals surface area contributed by atoms with Crippen LogP contribution in [0.2, 0.25) is 0 Å². The van der Waals surface area contributed by atoms with Crippen LogP contribution >= 0.6 is 0 Å². The third-order valence-corrected chi connectivity index (χ3v) is 4.50. The van der Waals surface area contributed by atoms with Gasteiger partial charge in [0.25, 0.3) is 5.91 Å². The summed E-state index contributed by atoms with van der Waals surface area (Å²) in [5.41, 5.74) is -0.0194. The van der Waals surface area contributed by atoms with E-state index in [2.05, 4.69) is 37.7 Å². The van der Waals surface area contributed by atoms with Gasteiger partial charge in [-0.1, -0.05) is 26.8 Å². The van der Waals surface area contributed by atoms with Gasteiger partial charge < -0.3 is 19.9 Å². The number of carbonyl (C=O) groups is 1. The largest absolute Gasteiger partial charge is 0.494 e. The lowest BCUT2D eigenvalue weighted by Crippen LogP contribution is -2.47. The summed E-state index contributed by atoms with van der Waals surface area (Å²) in [6.45, 7) is 11.6. The molecule has 0 bridgehead atoms. The van der Waals surface area contributed by atoms with Gasteiger partial charge in [0.2, 0.25) is 5.90 Å². The molecule has 6 nitrogen and oxygen atoms in total. The van der Waals surface area contributed by atoms with Gasteiger partial charge in [-0.05, 0) is 36.1 Å². The minimum absolute atomic E-state index is 0.103. The summed E-state index contributed by atoms with van der Waals surface area (Å²) in [4.78, 5) is 17.5. The van der Waals surface area contributed by atoms with Gasteiger partial charge in [-0.3, -0.25) is 4.79 Å². The summed E-state index contributed by atoms with van der Waals surface area (Å²) in [5.74, 6) is 1.04. The fourth-order valence-electron chi connectivity index (χ4n) is 2.81. The third kappa shape index (κ3) is 6.09. The van der Waals surface area contributed by atoms with Crippen LogP contribution in [0.25, 0.3) is 0 Å². The van der Waals surface area contributed by atoms with Crippen molar-refractivity contribution in [3.8, 4) is 5.75 Å². The summed E-state index contributed by atoms with van der Waals surface area (Å²) in [7, 11) is 0. The number of hydrogen-bond donors (Lipinski definition) is 2. The van der Waals surface area contributed by atoms with E-state index < -0.39 is 5.54 Å². The molecular weight excluding hydrogens is 356 g/mol. The number of amides is 1. The maximum atomic E-state index is 12.8. The van der Waals surface area contributed by atoms with E-state index >= 15 is 0 Å². The number of carbonyl (C=O) groups excluding carboxylic acids is 1. The molecule has 2 N–H and O–H groups in total. The molecule has 28 heavy (non-hydrogen) atoms. The van der Waals surface area contributed by atoms with E-state index in [9.17, 15) is 4.79 Å². The van der Waals surface area contributed by atoms with Crippen LogP contribution in [-0.4, -0.2) is 48.8 Å². The molecule has 1 amide bonds. The van der Waals surface area contributed by atoms with Crippen molar-refractivity contribution < 1.29 is 19.4 Å². The molecule has 0 radical (unpaired) electrons. The highest BCUT2D eigenvalue weighted by molar-refractivity contribution is 6.00. The number of aliphatic hydroxyl groups excluding tert-OH is 1. The number of rotatable bonds is 10. The monoisotopic (exact) mass is 388 g/mol. The van der Waals surface area contributed by atoms with Crippen molar-refractivity contribution in [1.29, 1.82) is 0 Å². The molecule has 1 heterocycles. The first-order valence-corrected chi connectivity index (χ1v) is 9.76. The lowest BCUT2D eigenvalue weighted by atomic mass is 9.91. The molecule has 0 aliphatic carbocycles. The molecule has 0 spiro atoms. The zero-order valence-corrected chi connectivity index (χ0v) is 17.2. The smallest absolute Gasteiger partial charge is 0.251 e. The van der Waals surface area contributed by atoms with Crippen molar-refractivity contribution in [2.75, 3.05) is 26.4 Å². The van der Waals surface area contributed by atoms with E-state index in [4.69, 9.17) is 14.6 Å². The first kappa shape index (κ1) is 22.0. The van der Waals surface area contributed by atoms with E-state index in [0.29, 0.717) is 37.6 Å². The second-order valence-corrected chi connectivity index (χ2v) is 8.25. The average Bonchev–Trinajstić information content (AvgIpc) is 3.07. The predicted octanol–water partition coefficient (Wildman–Crippen LogP) is 3.09. The summed E-state index contributed by atoms with van der Waals surface area (Å²) in [5, 5.41) is 11.8. The molecule has 6 heteroatoms. The quantitative estimate of drug-likeness (QED) is 0.477. The Morgan fingerprint density at radius 3 is 2.71 bits per heavy atom. The Hall–Kier alpha value is -2.34. The maximum absolute atomic E-state index is 12.8. The topological polar surface area (TPSA) is 80.2 Å². The van der Waals surface area contributed by atoms with Gasteiger partial charge in [-0.15, -0.1) is 6.58 Å². The van der Waals surface area contributed by atoms with Gasteiger partial charge in [0.1, 0.15) is 12.4 Å². The Morgan fingerprint density at radius 2 is 2.11 bits per heavy atom. The zero-order valence-electron chi connectivity index (χ0n) is 17.2. The molecule has 0 fully saturated rings. The van der Waals surface area contributed by atoms with Crippen LogP contribution in [0.3, 0.4) is 0 Å². The maximum Gasteiger partial charge on any atom is 0.251 e. The van der Waals surface area contributed by atoms with Gasteiger partial charge in [-0.25, -0.2) is 4.99 Å². The van der Waals surface area contributed by atoms with Crippen LogP contribution in [-0.2, 0) is 9.53 Å². The molecule has 1 atom stereocenters. The fraction of sp³-hybridized carbons (Fsp3) is 0.545. The number of ether oxygens (including phenoxy) is 2. The Labute approximate surface area is 167 Å². The molecule has 2 rings (SSSR count). The van der Waals surface area contributed by atoms with Crippen molar-refractivity contribution >= 4 is 11.8 Å². The second kappa shape index (κ2) is 9.73. The molecule has 1 aliphatic heterocycles. The number of aliphatic hydroxyl groups is 1. The SMILES string of the molecule is C=CC[C@]1(C(=O)NCCC(C)(C)C)COC(c2ccc(OCCCO)cc2)=N1. The average molecular weight is 389 g/mol. The van der Waals surface area contributed by atoms with Gasteiger partial charge in [0.05, 0.1) is 6.61 Å². The van der Waals surface area contributed by atoms with Gasteiger partial charge in [0, 0.05) is 31.6 Å². The molecule has 0 aromatic heterocycles. The Morgan fingerprint density at radius 1 is 1.39 bits per heavy atom. The van der Waals surface area contributed by atoms with Crippen LogP contribution in [0.15, 0.2) is 41.9 Å². The lowest BCUT2D eigenvalue weighted by Gasteiger charge is -2.23. The number of nitrogens with one attached hydrogen (secondary N) is 1. The minimum atomic E-state index is -0.967. The Bertz CT molecular complexity index is 691. The van der Waals surface area contributed by atoms with Gasteiger partial charge in [-0.2, -0.15) is 0 Å². The van der Waals surface area contributed by atoms with Gasteiger partial charge in [0.15, 0.2) is 5.54 Å². The van der Waals surface area contributed by atoms with Crippen molar-refractivity contribution in [2.45, 2.75) is 45.6 Å². The predicted molar refractivity (Wildman–Crippen MR) is 111 cm³/mol. The summed E-state index contributed by atoms with van der Waals surface area (Å²) in [6.07, 6.45) is 3.60. The number of hydrogen-bond acceptors (Lipinski definition) is 5. The van der Waals surface area contributed by atoms with Crippen LogP contribution in [0.1, 0.15) is 45.6 Å². The standard InChI is InChI=1S/C22H32N2O4/c1-5-11-22(20(26)23-13-12-21(2,3)4)16-28-19(24-22)17-7-9-18(10-8-17)27-15-6-14-25/h5,7-10,25H,1,6,11-16H2,2-4H3,(H,23,26)/t22-/m1/s1. The van der Waals surface area contributed by atoms with E-state index in [-0.39, 0.29) is 24.5 Å². The van der Waals surface area contributed by atoms with E-state index in [1.54, 1.807) is 6.08 Å². The summed E-state index contributed by atoms with van der Waals surface area (Å²) >= 11 is 0. The molecule has 0 saturated heterocycles. The van der Waals surface area contributed by atoms with Crippen molar-refractivity contribution in [2.24, 2.45) is 10.4 Å². The fourth-order valence-corrected chi connectivity index (χ4v) is 2.81. The minimum Gasteiger partial charge on any atom is -0.494 e. The van der Waals surface area contributed by atoms with Crippen LogP contribution in [0, 0.1) is 5.41 Å². The summed E-state index contributed by atoms with van der Waals surface area (Å²) < 4.78 is 11.3. The van der Waals surface area contributed by atoms with Crippen LogP contribution in [0.4, 0.5) is 0 Å². The molecule has 1 aromatic carbocycles. The molecular formula is C22H32N2O4. The molecule has 154 valence electrons. The summed E-state index contributed by atoms with van der Waals surface area (Å²) in [6, 6.07) is 7.37. The third-order valence-electron chi connectivity index (χ3n) is 4.50. The molecule has 0 saturated carbocycles. The van der Waals surface area contributed by atoms with Crippen molar-refractivity contribution in [1.82, 2.24) is 5.32 Å². The second-order valence-electron chi connectivity index (χ2n) is 8.25. The molecule has 0 unspecified atom stereocenters. The van der Waals surface area contributed by atoms with E-state index in [0.717, 1.165) is 12.0 Å².